The van der Waals surface area contributed by atoms with Crippen LogP contribution in [0, 0.1) is 0 Å². The number of nitrogens with two attached hydrogens (primary N) is 1. The highest BCUT2D eigenvalue weighted by Crippen LogP contribution is 2.37. The molecule has 0 aliphatic carbocycles. The lowest BCUT2D eigenvalue weighted by Crippen LogP contribution is -2.44. The molecule has 0 saturated carbocycles. The minimum Gasteiger partial charge on any atom is -0.479 e. The van der Waals surface area contributed by atoms with Gasteiger partial charge in [0.2, 0.25) is 0 Å². The van der Waals surface area contributed by atoms with Gasteiger partial charge < -0.3 is 15.4 Å². The quantitative estimate of drug-likeness (QED) is 0.774. The van der Waals surface area contributed by atoms with Gasteiger partial charge in [0.05, 0.1) is 12.2 Å². The fourth-order valence-corrected chi connectivity index (χ4v) is 3.47. The summed E-state index contributed by atoms with van der Waals surface area (Å²) in [6, 6.07) is 20.2. The number of anilines is 1. The van der Waals surface area contributed by atoms with E-state index < -0.39 is 6.10 Å². The van der Waals surface area contributed by atoms with Crippen LogP contribution in [0.2, 0.25) is 0 Å². The molecule has 2 unspecified atom stereocenters. The van der Waals surface area contributed by atoms with E-state index in [0.717, 1.165) is 28.0 Å². The third-order valence-corrected chi connectivity index (χ3v) is 4.93. The van der Waals surface area contributed by atoms with Crippen molar-refractivity contribution in [1.82, 2.24) is 0 Å². The van der Waals surface area contributed by atoms with Gasteiger partial charge in [-0.1, -0.05) is 48.5 Å². The smallest absolute Gasteiger partial charge is 0.268 e. The molecule has 0 spiro atoms. The molecule has 1 heterocycles. The van der Waals surface area contributed by atoms with Crippen molar-refractivity contribution < 1.29 is 9.53 Å². The lowest BCUT2D eigenvalue weighted by atomic mass is 10.0. The Morgan fingerprint density at radius 1 is 1.12 bits per heavy atom. The van der Waals surface area contributed by atoms with E-state index in [1.54, 1.807) is 6.92 Å². The minimum atomic E-state index is -0.501. The summed E-state index contributed by atoms with van der Waals surface area (Å²) in [6.07, 6.45) is -0.501. The van der Waals surface area contributed by atoms with Gasteiger partial charge in [-0.25, -0.2) is 0 Å². The van der Waals surface area contributed by atoms with Gasteiger partial charge in [0.25, 0.3) is 5.91 Å². The first kappa shape index (κ1) is 16.6. The van der Waals surface area contributed by atoms with E-state index in [1.807, 2.05) is 48.2 Å². The Balaban J connectivity index is 1.80. The van der Waals surface area contributed by atoms with E-state index in [1.165, 1.54) is 5.39 Å². The van der Waals surface area contributed by atoms with Crippen LogP contribution in [0.25, 0.3) is 10.8 Å². The second kappa shape index (κ2) is 6.46. The SMILES string of the molecule is CC1Oc2ccc(C(C)N)cc2N(Cc2cccc3ccccc23)C1=O. The normalized spacial score (nSPS) is 17.7. The van der Waals surface area contributed by atoms with Gasteiger partial charge in [0.15, 0.2) is 6.10 Å². The van der Waals surface area contributed by atoms with Gasteiger partial charge in [0, 0.05) is 6.04 Å². The van der Waals surface area contributed by atoms with Crippen molar-refractivity contribution >= 4 is 22.4 Å². The molecule has 0 radical (unpaired) electrons. The fourth-order valence-electron chi connectivity index (χ4n) is 3.47. The summed E-state index contributed by atoms with van der Waals surface area (Å²) in [5.41, 5.74) is 8.92. The van der Waals surface area contributed by atoms with E-state index in [9.17, 15) is 4.79 Å². The van der Waals surface area contributed by atoms with E-state index in [4.69, 9.17) is 10.5 Å². The highest BCUT2D eigenvalue weighted by atomic mass is 16.5. The molecule has 0 aromatic heterocycles. The van der Waals surface area contributed by atoms with Crippen LogP contribution in [0.15, 0.2) is 60.7 Å². The van der Waals surface area contributed by atoms with Crippen molar-refractivity contribution in [3.63, 3.8) is 0 Å². The first-order chi connectivity index (χ1) is 12.5. The number of hydrogen-bond donors (Lipinski definition) is 1. The maximum atomic E-state index is 12.9. The van der Waals surface area contributed by atoms with Crippen LogP contribution in [0.5, 0.6) is 5.75 Å². The minimum absolute atomic E-state index is 0.0349. The molecule has 2 N–H and O–H groups in total. The third kappa shape index (κ3) is 2.82. The standard InChI is InChI=1S/C22H22N2O2/c1-14(23)17-10-11-21-20(12-17)24(22(25)15(2)26-21)13-18-8-5-7-16-6-3-4-9-19(16)18/h3-12,14-15H,13,23H2,1-2H3. The summed E-state index contributed by atoms with van der Waals surface area (Å²) >= 11 is 0. The Hall–Kier alpha value is -2.85. The first-order valence-electron chi connectivity index (χ1n) is 8.89. The van der Waals surface area contributed by atoms with Gasteiger partial charge in [0.1, 0.15) is 5.75 Å². The van der Waals surface area contributed by atoms with Crippen LogP contribution < -0.4 is 15.4 Å². The molecule has 2 atom stereocenters. The summed E-state index contributed by atoms with van der Waals surface area (Å²) in [7, 11) is 0. The van der Waals surface area contributed by atoms with Crippen LogP contribution >= 0.6 is 0 Å². The predicted molar refractivity (Wildman–Crippen MR) is 104 cm³/mol. The van der Waals surface area contributed by atoms with Crippen molar-refractivity contribution in [3.8, 4) is 5.75 Å². The zero-order valence-electron chi connectivity index (χ0n) is 15.0. The average Bonchev–Trinajstić information content (AvgIpc) is 2.65. The number of ether oxygens (including phenoxy) is 1. The molecule has 0 saturated heterocycles. The van der Waals surface area contributed by atoms with Crippen molar-refractivity contribution in [3.05, 3.63) is 71.8 Å². The number of rotatable bonds is 3. The highest BCUT2D eigenvalue weighted by Gasteiger charge is 2.32. The number of nitrogens with zero attached hydrogens (tertiary/aromatic N) is 1. The van der Waals surface area contributed by atoms with Crippen LogP contribution in [0.1, 0.15) is 31.0 Å². The number of carbonyl (C=O) groups is 1. The second-order valence-electron chi connectivity index (χ2n) is 6.84. The Kier molecular flexibility index (Phi) is 4.13. The molecule has 1 aliphatic rings. The molecule has 3 aromatic rings. The van der Waals surface area contributed by atoms with Gasteiger partial charge in [-0.2, -0.15) is 0 Å². The van der Waals surface area contributed by atoms with Crippen LogP contribution in [0.4, 0.5) is 5.69 Å². The Morgan fingerprint density at radius 2 is 1.88 bits per heavy atom. The van der Waals surface area contributed by atoms with Gasteiger partial charge in [-0.05, 0) is 47.9 Å². The van der Waals surface area contributed by atoms with Crippen molar-refractivity contribution in [2.75, 3.05) is 4.90 Å². The molecule has 132 valence electrons. The largest absolute Gasteiger partial charge is 0.479 e. The van der Waals surface area contributed by atoms with Crippen molar-refractivity contribution in [2.24, 2.45) is 5.73 Å². The van der Waals surface area contributed by atoms with Crippen LogP contribution in [-0.2, 0) is 11.3 Å². The van der Waals surface area contributed by atoms with Crippen molar-refractivity contribution in [2.45, 2.75) is 32.5 Å². The number of hydrogen-bond acceptors (Lipinski definition) is 3. The number of amides is 1. The monoisotopic (exact) mass is 346 g/mol. The maximum absolute atomic E-state index is 12.9. The number of carbonyl (C=O) groups excluding carboxylic acids is 1. The predicted octanol–water partition coefficient (Wildman–Crippen LogP) is 4.17. The third-order valence-electron chi connectivity index (χ3n) is 4.93. The Morgan fingerprint density at radius 3 is 2.69 bits per heavy atom. The topological polar surface area (TPSA) is 55.6 Å². The van der Waals surface area contributed by atoms with Gasteiger partial charge in [-0.15, -0.1) is 0 Å². The molecule has 0 fully saturated rings. The van der Waals surface area contributed by atoms with E-state index >= 15 is 0 Å². The molecular weight excluding hydrogens is 324 g/mol. The van der Waals surface area contributed by atoms with E-state index in [-0.39, 0.29) is 11.9 Å². The summed E-state index contributed by atoms with van der Waals surface area (Å²) in [6.45, 7) is 4.23. The van der Waals surface area contributed by atoms with Gasteiger partial charge in [-0.3, -0.25) is 4.79 Å². The Bertz CT molecular complexity index is 976. The zero-order chi connectivity index (χ0) is 18.3. The molecule has 1 aliphatic heterocycles. The summed E-state index contributed by atoms with van der Waals surface area (Å²) in [5.74, 6) is 0.689. The molecule has 4 nitrogen and oxygen atoms in total. The molecule has 0 bridgehead atoms. The zero-order valence-corrected chi connectivity index (χ0v) is 15.0. The van der Waals surface area contributed by atoms with Crippen molar-refractivity contribution in [1.29, 1.82) is 0 Å². The summed E-state index contributed by atoms with van der Waals surface area (Å²) in [4.78, 5) is 14.7. The summed E-state index contributed by atoms with van der Waals surface area (Å²) < 4.78 is 5.80. The van der Waals surface area contributed by atoms with E-state index in [2.05, 4.69) is 24.3 Å². The van der Waals surface area contributed by atoms with E-state index in [0.29, 0.717) is 6.54 Å². The average molecular weight is 346 g/mol. The second-order valence-corrected chi connectivity index (χ2v) is 6.84. The van der Waals surface area contributed by atoms with Crippen LogP contribution in [-0.4, -0.2) is 12.0 Å². The molecular formula is C22H22N2O2. The first-order valence-corrected chi connectivity index (χ1v) is 8.89. The number of benzene rings is 3. The summed E-state index contributed by atoms with van der Waals surface area (Å²) in [5, 5.41) is 2.33. The number of fused-ring (bicyclic) bond motifs is 2. The van der Waals surface area contributed by atoms with Gasteiger partial charge >= 0.3 is 0 Å². The molecule has 3 aromatic carbocycles. The Labute approximate surface area is 153 Å². The lowest BCUT2D eigenvalue weighted by molar-refractivity contribution is -0.125. The lowest BCUT2D eigenvalue weighted by Gasteiger charge is -2.34. The maximum Gasteiger partial charge on any atom is 0.268 e. The molecule has 4 rings (SSSR count). The highest BCUT2D eigenvalue weighted by molar-refractivity contribution is 6.00. The molecule has 1 amide bonds. The molecule has 26 heavy (non-hydrogen) atoms. The van der Waals surface area contributed by atoms with Crippen LogP contribution in [0.3, 0.4) is 0 Å². The fraction of sp³-hybridized carbons (Fsp3) is 0.227. The molecule has 4 heteroatoms.